The number of benzene rings is 1. The monoisotopic (exact) mass is 209 g/mol. The summed E-state index contributed by atoms with van der Waals surface area (Å²) in [4.78, 5) is 2.47. The molecule has 80 valence electrons. The lowest BCUT2D eigenvalue weighted by Crippen LogP contribution is -2.13. The third-order valence-corrected chi connectivity index (χ3v) is 1.75. The van der Waals surface area contributed by atoms with Crippen molar-refractivity contribution >= 4 is 0 Å². The molecule has 0 aromatic heterocycles. The molecule has 0 bridgehead atoms. The molecule has 0 N–H and O–H groups in total. The van der Waals surface area contributed by atoms with E-state index in [9.17, 15) is 4.39 Å². The maximum Gasteiger partial charge on any atom is 0.129 e. The first-order valence-electron chi connectivity index (χ1n) is 4.59. The maximum atomic E-state index is 12.9. The molecule has 0 aliphatic heterocycles. The van der Waals surface area contributed by atoms with Gasteiger partial charge in [-0.1, -0.05) is 35.4 Å². The Balaban J connectivity index is 2.19. The quantitative estimate of drug-likeness (QED) is 0.403. The minimum Gasteiger partial charge on any atom is -0.374 e. The molecular weight excluding hydrogens is 197 g/mol. The van der Waals surface area contributed by atoms with E-state index in [0.29, 0.717) is 6.61 Å². The van der Waals surface area contributed by atoms with Gasteiger partial charge in [-0.25, -0.2) is 4.39 Å². The molecule has 0 fully saturated rings. The molecule has 15 heavy (non-hydrogen) atoms. The average molecular weight is 209 g/mol. The molecule has 1 aromatic carbocycles. The van der Waals surface area contributed by atoms with Crippen molar-refractivity contribution < 1.29 is 9.13 Å². The highest BCUT2D eigenvalue weighted by atomic mass is 19.1. The van der Waals surface area contributed by atoms with Crippen LogP contribution in [0.15, 0.2) is 35.4 Å². The fraction of sp³-hybridized carbons (Fsp3) is 0.400. The normalized spacial score (nSPS) is 11.8. The molecule has 0 spiro atoms. The summed E-state index contributed by atoms with van der Waals surface area (Å²) >= 11 is 0. The Hall–Kier alpha value is -1.58. The second-order valence-electron chi connectivity index (χ2n) is 3.01. The largest absolute Gasteiger partial charge is 0.374 e. The van der Waals surface area contributed by atoms with Crippen molar-refractivity contribution in [3.8, 4) is 0 Å². The second kappa shape index (κ2) is 6.81. The van der Waals surface area contributed by atoms with E-state index in [0.717, 1.165) is 5.56 Å². The zero-order chi connectivity index (χ0) is 10.9. The molecule has 0 radical (unpaired) electrons. The van der Waals surface area contributed by atoms with Gasteiger partial charge in [0.2, 0.25) is 0 Å². The van der Waals surface area contributed by atoms with Gasteiger partial charge in [-0.05, 0) is 11.1 Å². The van der Waals surface area contributed by atoms with Gasteiger partial charge in [0.1, 0.15) is 6.17 Å². The Morgan fingerprint density at radius 1 is 1.40 bits per heavy atom. The minimum atomic E-state index is -1.23. The van der Waals surface area contributed by atoms with Gasteiger partial charge in [0, 0.05) is 4.91 Å². The van der Waals surface area contributed by atoms with Gasteiger partial charge in [0.05, 0.1) is 19.8 Å². The van der Waals surface area contributed by atoms with Crippen LogP contribution in [0.3, 0.4) is 0 Å². The van der Waals surface area contributed by atoms with Crippen molar-refractivity contribution in [2.45, 2.75) is 12.8 Å². The summed E-state index contributed by atoms with van der Waals surface area (Å²) in [6.07, 6.45) is -1.23. The zero-order valence-corrected chi connectivity index (χ0v) is 8.21. The fourth-order valence-electron chi connectivity index (χ4n) is 1.06. The van der Waals surface area contributed by atoms with Crippen LogP contribution in [-0.4, -0.2) is 19.3 Å². The van der Waals surface area contributed by atoms with Gasteiger partial charge in [-0.2, -0.15) is 0 Å². The third kappa shape index (κ3) is 5.00. The first-order valence-corrected chi connectivity index (χ1v) is 4.59. The Morgan fingerprint density at radius 2 is 2.13 bits per heavy atom. The van der Waals surface area contributed by atoms with Gasteiger partial charge in [-0.3, -0.25) is 0 Å². The van der Waals surface area contributed by atoms with Crippen LogP contribution in [-0.2, 0) is 11.3 Å². The molecule has 0 heterocycles. The third-order valence-electron chi connectivity index (χ3n) is 1.75. The summed E-state index contributed by atoms with van der Waals surface area (Å²) in [5.41, 5.74) is 8.96. The predicted molar refractivity (Wildman–Crippen MR) is 55.0 cm³/mol. The van der Waals surface area contributed by atoms with Crippen LogP contribution in [0.2, 0.25) is 0 Å². The minimum absolute atomic E-state index is 0.0477. The molecule has 0 amide bonds. The predicted octanol–water partition coefficient (Wildman–Crippen LogP) is 2.85. The van der Waals surface area contributed by atoms with Gasteiger partial charge in [-0.15, -0.1) is 0 Å². The van der Waals surface area contributed by atoms with Crippen LogP contribution in [0.25, 0.3) is 10.4 Å². The van der Waals surface area contributed by atoms with Gasteiger partial charge in [0.15, 0.2) is 0 Å². The fourth-order valence-corrected chi connectivity index (χ4v) is 1.06. The second-order valence-corrected chi connectivity index (χ2v) is 3.01. The molecule has 1 unspecified atom stereocenters. The highest BCUT2D eigenvalue weighted by Crippen LogP contribution is 2.02. The molecule has 0 saturated carbocycles. The number of hydrogen-bond acceptors (Lipinski definition) is 2. The van der Waals surface area contributed by atoms with Crippen molar-refractivity contribution in [1.29, 1.82) is 0 Å². The van der Waals surface area contributed by atoms with E-state index < -0.39 is 6.17 Å². The molecule has 0 aliphatic carbocycles. The zero-order valence-electron chi connectivity index (χ0n) is 8.21. The lowest BCUT2D eigenvalue weighted by Gasteiger charge is -2.06. The van der Waals surface area contributed by atoms with Crippen LogP contribution >= 0.6 is 0 Å². The summed E-state index contributed by atoms with van der Waals surface area (Å²) in [7, 11) is 0. The van der Waals surface area contributed by atoms with Gasteiger partial charge < -0.3 is 4.74 Å². The molecule has 0 saturated heterocycles. The number of halogens is 1. The average Bonchev–Trinajstić information content (AvgIpc) is 2.28. The van der Waals surface area contributed by atoms with E-state index in [1.807, 2.05) is 30.3 Å². The highest BCUT2D eigenvalue weighted by molar-refractivity contribution is 5.13. The van der Waals surface area contributed by atoms with E-state index in [1.165, 1.54) is 0 Å². The molecule has 5 heteroatoms. The Bertz CT molecular complexity index is 325. The molecule has 1 atom stereocenters. The molecule has 1 aromatic rings. The first kappa shape index (κ1) is 11.5. The van der Waals surface area contributed by atoms with Gasteiger partial charge >= 0.3 is 0 Å². The van der Waals surface area contributed by atoms with Crippen LogP contribution in [0, 0.1) is 0 Å². The van der Waals surface area contributed by atoms with Crippen LogP contribution in [0.5, 0.6) is 0 Å². The Morgan fingerprint density at radius 3 is 2.80 bits per heavy atom. The lowest BCUT2D eigenvalue weighted by atomic mass is 10.2. The van der Waals surface area contributed by atoms with E-state index in [2.05, 4.69) is 10.0 Å². The van der Waals surface area contributed by atoms with Crippen molar-refractivity contribution in [1.82, 2.24) is 0 Å². The summed E-state index contributed by atoms with van der Waals surface area (Å²) < 4.78 is 18.0. The molecule has 4 nitrogen and oxygen atoms in total. The summed E-state index contributed by atoms with van der Waals surface area (Å²) in [6.45, 7) is 0.150. The number of rotatable bonds is 6. The Kier molecular flexibility index (Phi) is 5.22. The summed E-state index contributed by atoms with van der Waals surface area (Å²) in [5.74, 6) is 0. The summed E-state index contributed by atoms with van der Waals surface area (Å²) in [6, 6.07) is 9.50. The maximum absolute atomic E-state index is 12.9. The number of alkyl halides is 1. The van der Waals surface area contributed by atoms with E-state index >= 15 is 0 Å². The molecule has 1 rings (SSSR count). The smallest absolute Gasteiger partial charge is 0.129 e. The topological polar surface area (TPSA) is 58.0 Å². The van der Waals surface area contributed by atoms with Gasteiger partial charge in [0.25, 0.3) is 0 Å². The highest BCUT2D eigenvalue weighted by Gasteiger charge is 2.04. The summed E-state index contributed by atoms with van der Waals surface area (Å²) in [5, 5.41) is 3.12. The van der Waals surface area contributed by atoms with Crippen molar-refractivity contribution in [2.24, 2.45) is 5.11 Å². The van der Waals surface area contributed by atoms with Crippen LogP contribution < -0.4 is 0 Å². The number of azide groups is 1. The van der Waals surface area contributed by atoms with Crippen molar-refractivity contribution in [2.75, 3.05) is 13.2 Å². The van der Waals surface area contributed by atoms with E-state index in [4.69, 9.17) is 10.3 Å². The molecular formula is C10H12FN3O. The van der Waals surface area contributed by atoms with Crippen LogP contribution in [0.1, 0.15) is 5.56 Å². The van der Waals surface area contributed by atoms with Crippen molar-refractivity contribution in [3.63, 3.8) is 0 Å². The number of ether oxygens (including phenoxy) is 1. The van der Waals surface area contributed by atoms with Crippen LogP contribution in [0.4, 0.5) is 4.39 Å². The Labute approximate surface area is 87.3 Å². The molecule has 0 aliphatic rings. The van der Waals surface area contributed by atoms with Crippen molar-refractivity contribution in [3.05, 3.63) is 46.3 Å². The lowest BCUT2D eigenvalue weighted by molar-refractivity contribution is 0.0728. The van der Waals surface area contributed by atoms with E-state index in [-0.39, 0.29) is 13.2 Å². The first-order chi connectivity index (χ1) is 7.33. The van der Waals surface area contributed by atoms with E-state index in [1.54, 1.807) is 0 Å². The number of hydrogen-bond donors (Lipinski definition) is 0. The SMILES string of the molecule is [N-]=[N+]=NCC(F)COCc1ccccc1. The standard InChI is InChI=1S/C10H12FN3O/c11-10(6-13-14-12)8-15-7-9-4-2-1-3-5-9/h1-5,10H,6-8H2. The number of nitrogens with zero attached hydrogens (tertiary/aromatic N) is 3.